The number of benzene rings is 1. The molecule has 0 bridgehead atoms. The number of hydrogen-bond acceptors (Lipinski definition) is 2. The fourth-order valence-corrected chi connectivity index (χ4v) is 1.50. The van der Waals surface area contributed by atoms with Crippen LogP contribution < -0.4 is 4.74 Å². The molecular weight excluding hydrogens is 176 g/mol. The molecule has 0 saturated carbocycles. The van der Waals surface area contributed by atoms with Crippen LogP contribution in [0, 0.1) is 6.92 Å². The molecule has 0 aromatic heterocycles. The number of aliphatic hydroxyl groups excluding tert-OH is 1. The van der Waals surface area contributed by atoms with E-state index < -0.39 is 0 Å². The molecule has 0 aliphatic carbocycles. The molecule has 1 atom stereocenters. The van der Waals surface area contributed by atoms with E-state index in [1.165, 1.54) is 5.56 Å². The summed E-state index contributed by atoms with van der Waals surface area (Å²) in [5.74, 6) is 1.31. The van der Waals surface area contributed by atoms with Gasteiger partial charge >= 0.3 is 0 Å². The summed E-state index contributed by atoms with van der Waals surface area (Å²) in [6, 6.07) is 6.20. The Labute approximate surface area is 85.5 Å². The van der Waals surface area contributed by atoms with Gasteiger partial charge in [0.1, 0.15) is 5.75 Å². The molecule has 1 aromatic carbocycles. The summed E-state index contributed by atoms with van der Waals surface area (Å²) in [5.41, 5.74) is 2.37. The van der Waals surface area contributed by atoms with Crippen molar-refractivity contribution in [3.8, 4) is 5.75 Å². The van der Waals surface area contributed by atoms with Gasteiger partial charge in [0.2, 0.25) is 0 Å². The highest BCUT2D eigenvalue weighted by atomic mass is 16.5. The van der Waals surface area contributed by atoms with Gasteiger partial charge < -0.3 is 9.84 Å². The van der Waals surface area contributed by atoms with E-state index in [4.69, 9.17) is 9.84 Å². The smallest absolute Gasteiger partial charge is 0.122 e. The van der Waals surface area contributed by atoms with Crippen LogP contribution in [0.5, 0.6) is 5.75 Å². The molecule has 0 spiro atoms. The molecular formula is C12H18O2. The van der Waals surface area contributed by atoms with Gasteiger partial charge in [-0.2, -0.15) is 0 Å². The Bertz CT molecular complexity index is 294. The molecule has 1 rings (SSSR count). The maximum Gasteiger partial charge on any atom is 0.122 e. The molecule has 0 aliphatic heterocycles. The van der Waals surface area contributed by atoms with Crippen molar-refractivity contribution in [3.05, 3.63) is 29.3 Å². The van der Waals surface area contributed by atoms with Crippen molar-refractivity contribution in [3.63, 3.8) is 0 Å². The van der Waals surface area contributed by atoms with Gasteiger partial charge in [-0.15, -0.1) is 0 Å². The van der Waals surface area contributed by atoms with Crippen LogP contribution in [0.1, 0.15) is 30.4 Å². The van der Waals surface area contributed by atoms with Crippen molar-refractivity contribution in [2.24, 2.45) is 0 Å². The first-order valence-corrected chi connectivity index (χ1v) is 4.94. The second kappa shape index (κ2) is 5.01. The van der Waals surface area contributed by atoms with Crippen molar-refractivity contribution in [1.82, 2.24) is 0 Å². The summed E-state index contributed by atoms with van der Waals surface area (Å²) in [6.07, 6.45) is 0.798. The number of hydrogen-bond donors (Lipinski definition) is 1. The van der Waals surface area contributed by atoms with Gasteiger partial charge in [0.05, 0.1) is 7.11 Å². The van der Waals surface area contributed by atoms with Gasteiger partial charge in [0.15, 0.2) is 0 Å². The number of aryl methyl sites for hydroxylation is 1. The molecule has 78 valence electrons. The number of rotatable bonds is 4. The third kappa shape index (κ3) is 2.48. The first-order valence-electron chi connectivity index (χ1n) is 4.94. The monoisotopic (exact) mass is 194 g/mol. The number of ether oxygens (including phenoxy) is 1. The molecule has 14 heavy (non-hydrogen) atoms. The molecule has 0 fully saturated rings. The maximum atomic E-state index is 8.85. The summed E-state index contributed by atoms with van der Waals surface area (Å²) < 4.78 is 5.25. The van der Waals surface area contributed by atoms with Crippen LogP contribution in [0.3, 0.4) is 0 Å². The minimum atomic E-state index is 0.233. The van der Waals surface area contributed by atoms with E-state index in [-0.39, 0.29) is 6.61 Å². The van der Waals surface area contributed by atoms with Crippen molar-refractivity contribution >= 4 is 0 Å². The molecule has 1 N–H and O–H groups in total. The lowest BCUT2D eigenvalue weighted by Crippen LogP contribution is -1.98. The SMILES string of the molecule is COc1cc(C(C)CCO)ccc1C. The normalized spacial score (nSPS) is 12.6. The predicted molar refractivity (Wildman–Crippen MR) is 57.8 cm³/mol. The van der Waals surface area contributed by atoms with E-state index in [0.717, 1.165) is 17.7 Å². The third-order valence-corrected chi connectivity index (χ3v) is 2.56. The highest BCUT2D eigenvalue weighted by Crippen LogP contribution is 2.25. The summed E-state index contributed by atoms with van der Waals surface area (Å²) in [5, 5.41) is 8.85. The molecule has 0 amide bonds. The molecule has 1 aromatic rings. The molecule has 0 radical (unpaired) electrons. The molecule has 0 saturated heterocycles. The topological polar surface area (TPSA) is 29.5 Å². The Morgan fingerprint density at radius 1 is 1.43 bits per heavy atom. The van der Waals surface area contributed by atoms with Gasteiger partial charge in [0.25, 0.3) is 0 Å². The van der Waals surface area contributed by atoms with Crippen LogP contribution in [0.4, 0.5) is 0 Å². The fourth-order valence-electron chi connectivity index (χ4n) is 1.50. The van der Waals surface area contributed by atoms with Crippen molar-refractivity contribution in [1.29, 1.82) is 0 Å². The Hall–Kier alpha value is -1.02. The van der Waals surface area contributed by atoms with E-state index in [9.17, 15) is 0 Å². The van der Waals surface area contributed by atoms with Gasteiger partial charge in [-0.1, -0.05) is 19.1 Å². The van der Waals surface area contributed by atoms with Crippen molar-refractivity contribution in [2.75, 3.05) is 13.7 Å². The second-order valence-corrected chi connectivity index (χ2v) is 3.64. The largest absolute Gasteiger partial charge is 0.496 e. The first-order chi connectivity index (χ1) is 6.69. The van der Waals surface area contributed by atoms with E-state index in [0.29, 0.717) is 5.92 Å². The van der Waals surface area contributed by atoms with E-state index in [1.807, 2.05) is 6.92 Å². The van der Waals surface area contributed by atoms with Crippen LogP contribution >= 0.6 is 0 Å². The highest BCUT2D eigenvalue weighted by molar-refractivity contribution is 5.37. The maximum absolute atomic E-state index is 8.85. The number of aliphatic hydroxyl groups is 1. The zero-order chi connectivity index (χ0) is 10.6. The minimum absolute atomic E-state index is 0.233. The lowest BCUT2D eigenvalue weighted by molar-refractivity contribution is 0.278. The van der Waals surface area contributed by atoms with E-state index in [2.05, 4.69) is 25.1 Å². The van der Waals surface area contributed by atoms with Gasteiger partial charge in [0, 0.05) is 6.61 Å². The van der Waals surface area contributed by atoms with Gasteiger partial charge in [-0.25, -0.2) is 0 Å². The average molecular weight is 194 g/mol. The predicted octanol–water partition coefficient (Wildman–Crippen LogP) is 2.49. The second-order valence-electron chi connectivity index (χ2n) is 3.64. The zero-order valence-electron chi connectivity index (χ0n) is 9.08. The third-order valence-electron chi connectivity index (χ3n) is 2.56. The van der Waals surface area contributed by atoms with Crippen molar-refractivity contribution < 1.29 is 9.84 Å². The Morgan fingerprint density at radius 2 is 2.14 bits per heavy atom. The molecule has 2 nitrogen and oxygen atoms in total. The summed E-state index contributed by atoms with van der Waals surface area (Å²) in [6.45, 7) is 4.37. The van der Waals surface area contributed by atoms with E-state index in [1.54, 1.807) is 7.11 Å². The van der Waals surface area contributed by atoms with Crippen LogP contribution in [0.25, 0.3) is 0 Å². The Balaban J connectivity index is 2.88. The lowest BCUT2D eigenvalue weighted by Gasteiger charge is -2.12. The number of methoxy groups -OCH3 is 1. The lowest BCUT2D eigenvalue weighted by atomic mass is 9.97. The minimum Gasteiger partial charge on any atom is -0.496 e. The quantitative estimate of drug-likeness (QED) is 0.798. The summed E-state index contributed by atoms with van der Waals surface area (Å²) in [7, 11) is 1.68. The van der Waals surface area contributed by atoms with Gasteiger partial charge in [-0.3, -0.25) is 0 Å². The van der Waals surface area contributed by atoms with Crippen LogP contribution in [0.2, 0.25) is 0 Å². The van der Waals surface area contributed by atoms with E-state index >= 15 is 0 Å². The molecule has 0 heterocycles. The van der Waals surface area contributed by atoms with Crippen LogP contribution in [-0.4, -0.2) is 18.8 Å². The fraction of sp³-hybridized carbons (Fsp3) is 0.500. The molecule has 1 unspecified atom stereocenters. The van der Waals surface area contributed by atoms with Gasteiger partial charge in [-0.05, 0) is 36.5 Å². The van der Waals surface area contributed by atoms with Crippen LogP contribution in [-0.2, 0) is 0 Å². The first kappa shape index (κ1) is 11.1. The zero-order valence-corrected chi connectivity index (χ0v) is 9.08. The summed E-state index contributed by atoms with van der Waals surface area (Å²) in [4.78, 5) is 0. The Kier molecular flexibility index (Phi) is 3.96. The average Bonchev–Trinajstić information content (AvgIpc) is 2.19. The summed E-state index contributed by atoms with van der Waals surface area (Å²) >= 11 is 0. The van der Waals surface area contributed by atoms with Crippen LogP contribution in [0.15, 0.2) is 18.2 Å². The molecule has 0 aliphatic rings. The Morgan fingerprint density at radius 3 is 2.71 bits per heavy atom. The molecule has 2 heteroatoms. The highest BCUT2D eigenvalue weighted by Gasteiger charge is 2.07. The van der Waals surface area contributed by atoms with Crippen molar-refractivity contribution in [2.45, 2.75) is 26.2 Å². The standard InChI is InChI=1S/C12H18O2/c1-9(6-7-13)11-5-4-10(2)12(8-11)14-3/h4-5,8-9,13H,6-7H2,1-3H3.